The molecule has 0 radical (unpaired) electrons. The highest BCUT2D eigenvalue weighted by Crippen LogP contribution is 2.38. The van der Waals surface area contributed by atoms with Gasteiger partial charge in [-0.25, -0.2) is 0 Å². The van der Waals surface area contributed by atoms with Gasteiger partial charge in [-0.3, -0.25) is 0 Å². The van der Waals surface area contributed by atoms with Crippen LogP contribution in [-0.2, 0) is 0 Å². The van der Waals surface area contributed by atoms with Gasteiger partial charge in [0.25, 0.3) is 0 Å². The molecular formula is C14H14BF3IN. The second kappa shape index (κ2) is 5.46. The lowest BCUT2D eigenvalue weighted by molar-refractivity contribution is -0.0932. The van der Waals surface area contributed by atoms with Crippen molar-refractivity contribution in [3.63, 3.8) is 0 Å². The van der Waals surface area contributed by atoms with Crippen molar-refractivity contribution in [1.82, 2.24) is 0 Å². The van der Waals surface area contributed by atoms with E-state index in [4.69, 9.17) is 5.73 Å². The number of fused-ring (bicyclic) bond motifs is 1. The Morgan fingerprint density at radius 1 is 1.45 bits per heavy atom. The van der Waals surface area contributed by atoms with Gasteiger partial charge >= 0.3 is 6.18 Å². The molecule has 1 aromatic rings. The first kappa shape index (κ1) is 15.5. The predicted molar refractivity (Wildman–Crippen MR) is 87.4 cm³/mol. The van der Waals surface area contributed by atoms with Gasteiger partial charge < -0.3 is 5.73 Å². The first-order chi connectivity index (χ1) is 9.25. The number of nitrogens with two attached hydrogens (primary N) is 1. The Hall–Kier alpha value is -0.915. The maximum atomic E-state index is 13.0. The maximum absolute atomic E-state index is 13.0. The SMILES string of the molecule is BC1CC(C(F)(F)F)=Cc2c1ccc(=C(/N)I)/c2=C\C. The van der Waals surface area contributed by atoms with Crippen molar-refractivity contribution < 1.29 is 13.2 Å². The first-order valence-corrected chi connectivity index (χ1v) is 7.36. The topological polar surface area (TPSA) is 26.0 Å². The Morgan fingerprint density at radius 3 is 2.60 bits per heavy atom. The summed E-state index contributed by atoms with van der Waals surface area (Å²) in [6.07, 6.45) is -1.15. The lowest BCUT2D eigenvalue weighted by Gasteiger charge is -2.25. The molecule has 106 valence electrons. The maximum Gasteiger partial charge on any atom is 0.412 e. The van der Waals surface area contributed by atoms with E-state index in [0.717, 1.165) is 16.0 Å². The summed E-state index contributed by atoms with van der Waals surface area (Å²) >= 11 is 1.99. The zero-order valence-electron chi connectivity index (χ0n) is 11.2. The molecule has 1 aliphatic carbocycles. The van der Waals surface area contributed by atoms with Gasteiger partial charge in [0.1, 0.15) is 7.85 Å². The van der Waals surface area contributed by atoms with Crippen LogP contribution in [0.3, 0.4) is 0 Å². The monoisotopic (exact) mass is 391 g/mol. The summed E-state index contributed by atoms with van der Waals surface area (Å²) in [7, 11) is 1.83. The van der Waals surface area contributed by atoms with Crippen LogP contribution in [0, 0.1) is 0 Å². The van der Waals surface area contributed by atoms with E-state index >= 15 is 0 Å². The second-order valence-electron chi connectivity index (χ2n) is 4.94. The Balaban J connectivity index is 2.85. The van der Waals surface area contributed by atoms with Crippen LogP contribution in [0.5, 0.6) is 0 Å². The van der Waals surface area contributed by atoms with Gasteiger partial charge in [-0.1, -0.05) is 18.2 Å². The second-order valence-corrected chi connectivity index (χ2v) is 6.10. The molecule has 0 fully saturated rings. The Morgan fingerprint density at radius 2 is 2.10 bits per heavy atom. The number of halogens is 4. The third-order valence-corrected chi connectivity index (χ3v) is 4.19. The highest BCUT2D eigenvalue weighted by molar-refractivity contribution is 14.1. The van der Waals surface area contributed by atoms with Gasteiger partial charge in [0, 0.05) is 10.8 Å². The van der Waals surface area contributed by atoms with E-state index in [0.29, 0.717) is 9.27 Å². The number of benzene rings is 1. The minimum atomic E-state index is -4.27. The summed E-state index contributed by atoms with van der Waals surface area (Å²) < 4.78 is 39.6. The van der Waals surface area contributed by atoms with Gasteiger partial charge in [-0.2, -0.15) is 13.2 Å². The van der Waals surface area contributed by atoms with Crippen molar-refractivity contribution in [3.05, 3.63) is 39.3 Å². The van der Waals surface area contributed by atoms with E-state index in [1.165, 1.54) is 6.08 Å². The van der Waals surface area contributed by atoms with Crippen molar-refractivity contribution in [2.45, 2.75) is 25.3 Å². The van der Waals surface area contributed by atoms with E-state index in [2.05, 4.69) is 0 Å². The average molecular weight is 391 g/mol. The fourth-order valence-electron chi connectivity index (χ4n) is 2.63. The Kier molecular flexibility index (Phi) is 4.23. The molecule has 1 aromatic carbocycles. The predicted octanol–water partition coefficient (Wildman–Crippen LogP) is 1.97. The molecule has 2 rings (SSSR count). The molecule has 6 heteroatoms. The van der Waals surface area contributed by atoms with Crippen LogP contribution in [-0.4, -0.2) is 14.0 Å². The van der Waals surface area contributed by atoms with E-state index in [1.54, 1.807) is 0 Å². The lowest BCUT2D eigenvalue weighted by atomic mass is 9.71. The summed E-state index contributed by atoms with van der Waals surface area (Å²) in [5.41, 5.74) is 6.95. The van der Waals surface area contributed by atoms with Crippen LogP contribution in [0.1, 0.15) is 30.3 Å². The highest BCUT2D eigenvalue weighted by Gasteiger charge is 2.36. The average Bonchev–Trinajstić information content (AvgIpc) is 2.35. The van der Waals surface area contributed by atoms with Crippen LogP contribution in [0.15, 0.2) is 17.7 Å². The van der Waals surface area contributed by atoms with Crippen LogP contribution in [0.25, 0.3) is 15.9 Å². The largest absolute Gasteiger partial charge is 0.412 e. The summed E-state index contributed by atoms with van der Waals surface area (Å²) in [6, 6.07) is 3.77. The molecule has 0 aliphatic heterocycles. The normalized spacial score (nSPS) is 21.4. The van der Waals surface area contributed by atoms with Crippen LogP contribution in [0.4, 0.5) is 13.2 Å². The van der Waals surface area contributed by atoms with Crippen LogP contribution < -0.4 is 16.2 Å². The van der Waals surface area contributed by atoms with Crippen LogP contribution >= 0.6 is 22.6 Å². The number of hydrogen-bond acceptors (Lipinski definition) is 1. The molecule has 0 saturated heterocycles. The molecule has 2 N–H and O–H groups in total. The van der Waals surface area contributed by atoms with Gasteiger partial charge in [0.2, 0.25) is 0 Å². The summed E-state index contributed by atoms with van der Waals surface area (Å²) in [5.74, 6) is -0.144. The highest BCUT2D eigenvalue weighted by atomic mass is 127. The molecule has 1 atom stereocenters. The fourth-order valence-corrected chi connectivity index (χ4v) is 3.10. The van der Waals surface area contributed by atoms with E-state index in [9.17, 15) is 13.2 Å². The van der Waals surface area contributed by atoms with E-state index in [-0.39, 0.29) is 12.2 Å². The Bertz CT molecular complexity index is 688. The van der Waals surface area contributed by atoms with Crippen molar-refractivity contribution in [2.75, 3.05) is 0 Å². The molecule has 0 saturated carbocycles. The summed E-state index contributed by atoms with van der Waals surface area (Å²) in [6.45, 7) is 1.82. The minimum absolute atomic E-state index is 0.0302. The van der Waals surface area contributed by atoms with E-state index < -0.39 is 11.7 Å². The van der Waals surface area contributed by atoms with Crippen molar-refractivity contribution in [1.29, 1.82) is 0 Å². The first-order valence-electron chi connectivity index (χ1n) is 6.28. The molecule has 1 aliphatic rings. The van der Waals surface area contributed by atoms with Crippen molar-refractivity contribution in [2.24, 2.45) is 5.73 Å². The molecule has 1 nitrogen and oxygen atoms in total. The van der Waals surface area contributed by atoms with E-state index in [1.807, 2.05) is 55.6 Å². The smallest absolute Gasteiger partial charge is 0.393 e. The molecule has 0 spiro atoms. The Labute approximate surface area is 130 Å². The summed E-state index contributed by atoms with van der Waals surface area (Å²) in [5, 5.41) is 1.57. The van der Waals surface area contributed by atoms with Gasteiger partial charge in [0.05, 0.1) is 3.70 Å². The molecule has 1 unspecified atom stereocenters. The number of alkyl halides is 3. The van der Waals surface area contributed by atoms with Crippen LogP contribution in [0.2, 0.25) is 0 Å². The van der Waals surface area contributed by atoms with Gasteiger partial charge in [-0.15, -0.1) is 0 Å². The lowest BCUT2D eigenvalue weighted by Crippen LogP contribution is -2.33. The molecule has 0 heterocycles. The zero-order chi connectivity index (χ0) is 15.1. The summed E-state index contributed by atoms with van der Waals surface area (Å²) in [4.78, 5) is 0. The van der Waals surface area contributed by atoms with Crippen molar-refractivity contribution >= 4 is 46.3 Å². The van der Waals surface area contributed by atoms with Crippen molar-refractivity contribution in [3.8, 4) is 0 Å². The standard InChI is InChI=1S/C14H14BF3IN/c1-2-8-10(13(19)20)4-3-9-11(8)5-7(6-12(9)15)14(16,17)18/h2-5,12H,6,15,20H2,1H3/b8-2+,13-10-. The quantitative estimate of drug-likeness (QED) is 0.409. The zero-order valence-corrected chi connectivity index (χ0v) is 13.3. The molecular weight excluding hydrogens is 377 g/mol. The van der Waals surface area contributed by atoms with Gasteiger partial charge in [-0.05, 0) is 64.2 Å². The number of hydrogen-bond donors (Lipinski definition) is 1. The third kappa shape index (κ3) is 2.75. The number of allylic oxidation sites excluding steroid dienone is 1. The van der Waals surface area contributed by atoms with Gasteiger partial charge in [0.15, 0.2) is 0 Å². The molecule has 0 amide bonds. The minimum Gasteiger partial charge on any atom is -0.393 e. The molecule has 20 heavy (non-hydrogen) atoms. The molecule has 0 bridgehead atoms. The molecule has 0 aromatic heterocycles. The third-order valence-electron chi connectivity index (χ3n) is 3.61. The number of rotatable bonds is 0. The fraction of sp³-hybridized carbons (Fsp3) is 0.286.